The van der Waals surface area contributed by atoms with Crippen LogP contribution in [0.3, 0.4) is 0 Å². The Bertz CT molecular complexity index is 484. The molecule has 1 amide bonds. The molecule has 0 aliphatic carbocycles. The number of ether oxygens (including phenoxy) is 1. The van der Waals surface area contributed by atoms with Crippen LogP contribution in [-0.4, -0.2) is 23.8 Å². The van der Waals surface area contributed by atoms with Crippen molar-refractivity contribution in [2.75, 3.05) is 6.61 Å². The summed E-state index contributed by atoms with van der Waals surface area (Å²) >= 11 is 0. The van der Waals surface area contributed by atoms with Crippen LogP contribution in [0, 0.1) is 10.1 Å². The van der Waals surface area contributed by atoms with E-state index in [1.54, 1.807) is 0 Å². The van der Waals surface area contributed by atoms with Crippen LogP contribution in [0.4, 0.5) is 10.7 Å². The van der Waals surface area contributed by atoms with Gasteiger partial charge in [0.25, 0.3) is 0 Å². The molecule has 0 aromatic carbocycles. The Morgan fingerprint density at radius 2 is 2.19 bits per heavy atom. The first-order valence-electron chi connectivity index (χ1n) is 6.83. The normalized spacial score (nSPS) is 10.7. The number of carbonyl (C=O) groups excluding carboxylic acids is 1. The topological polar surface area (TPSA) is 107 Å². The van der Waals surface area contributed by atoms with Crippen LogP contribution in [0.15, 0.2) is 21.7 Å². The Balaban J connectivity index is 2.17. The van der Waals surface area contributed by atoms with Crippen molar-refractivity contribution in [2.45, 2.75) is 39.0 Å². The van der Waals surface area contributed by atoms with Gasteiger partial charge in [-0.2, -0.15) is 5.10 Å². The number of unbranched alkanes of at least 4 members (excludes halogenated alkanes) is 4. The molecule has 1 heterocycles. The number of hydrogen-bond acceptors (Lipinski definition) is 6. The third-order valence-corrected chi connectivity index (χ3v) is 2.62. The molecule has 1 aromatic rings. The van der Waals surface area contributed by atoms with Gasteiger partial charge in [0, 0.05) is 0 Å². The van der Waals surface area contributed by atoms with E-state index in [1.807, 2.05) is 0 Å². The van der Waals surface area contributed by atoms with Gasteiger partial charge in [-0.1, -0.05) is 32.6 Å². The molecular formula is C13H19N3O5. The highest BCUT2D eigenvalue weighted by atomic mass is 16.6. The van der Waals surface area contributed by atoms with Gasteiger partial charge in [-0.15, -0.1) is 0 Å². The van der Waals surface area contributed by atoms with Gasteiger partial charge in [0.15, 0.2) is 5.76 Å². The molecule has 1 N–H and O–H groups in total. The molecule has 8 heteroatoms. The standard InChI is InChI=1S/C13H19N3O5/c1-2-3-4-5-6-9-20-13(17)15-14-10-11-7-8-12(21-11)16(18)19/h7-8,10H,2-6,9H2,1H3,(H,15,17)/b14-10+. The van der Waals surface area contributed by atoms with E-state index in [0.717, 1.165) is 25.5 Å². The second-order valence-electron chi connectivity index (χ2n) is 4.35. The summed E-state index contributed by atoms with van der Waals surface area (Å²) in [4.78, 5) is 21.0. The second-order valence-corrected chi connectivity index (χ2v) is 4.35. The summed E-state index contributed by atoms with van der Waals surface area (Å²) < 4.78 is 9.72. The first-order valence-corrected chi connectivity index (χ1v) is 6.83. The Kier molecular flexibility index (Phi) is 7.55. The van der Waals surface area contributed by atoms with E-state index in [9.17, 15) is 14.9 Å². The van der Waals surface area contributed by atoms with Gasteiger partial charge in [0.1, 0.15) is 4.92 Å². The molecule has 0 unspecified atom stereocenters. The molecule has 0 atom stereocenters. The summed E-state index contributed by atoms with van der Waals surface area (Å²) in [6.07, 6.45) is 5.84. The molecule has 1 aromatic heterocycles. The smallest absolute Gasteiger partial charge is 0.433 e. The minimum absolute atomic E-state index is 0.168. The lowest BCUT2D eigenvalue weighted by atomic mass is 10.2. The first-order chi connectivity index (χ1) is 10.1. The minimum Gasteiger partial charge on any atom is -0.448 e. The highest BCUT2D eigenvalue weighted by molar-refractivity contribution is 5.78. The second kappa shape index (κ2) is 9.51. The molecule has 0 fully saturated rings. The highest BCUT2D eigenvalue weighted by Gasteiger charge is 2.10. The zero-order valence-corrected chi connectivity index (χ0v) is 11.9. The van der Waals surface area contributed by atoms with Gasteiger partial charge in [0.05, 0.1) is 18.9 Å². The number of carbonyl (C=O) groups is 1. The summed E-state index contributed by atoms with van der Waals surface area (Å²) in [6, 6.07) is 2.58. The number of nitrogens with zero attached hydrogens (tertiary/aromatic N) is 2. The van der Waals surface area contributed by atoms with E-state index in [-0.39, 0.29) is 11.6 Å². The van der Waals surface area contributed by atoms with Gasteiger partial charge in [-0.25, -0.2) is 10.2 Å². The summed E-state index contributed by atoms with van der Waals surface area (Å²) in [7, 11) is 0. The number of hydrogen-bond donors (Lipinski definition) is 1. The van der Waals surface area contributed by atoms with E-state index in [1.165, 1.54) is 25.0 Å². The van der Waals surface area contributed by atoms with Gasteiger partial charge < -0.3 is 9.15 Å². The first kappa shape index (κ1) is 16.7. The van der Waals surface area contributed by atoms with Crippen LogP contribution >= 0.6 is 0 Å². The molecule has 0 aliphatic heterocycles. The van der Waals surface area contributed by atoms with E-state index >= 15 is 0 Å². The fourth-order valence-corrected chi connectivity index (χ4v) is 1.56. The Hall–Kier alpha value is -2.38. The number of hydrazone groups is 1. The number of rotatable bonds is 9. The third-order valence-electron chi connectivity index (χ3n) is 2.62. The predicted octanol–water partition coefficient (Wildman–Crippen LogP) is 3.22. The fourth-order valence-electron chi connectivity index (χ4n) is 1.56. The van der Waals surface area contributed by atoms with Crippen molar-refractivity contribution in [3.8, 4) is 0 Å². The maximum Gasteiger partial charge on any atom is 0.433 e. The molecule has 8 nitrogen and oxygen atoms in total. The maximum atomic E-state index is 11.2. The summed E-state index contributed by atoms with van der Waals surface area (Å²) in [5, 5.41) is 14.0. The predicted molar refractivity (Wildman–Crippen MR) is 76.2 cm³/mol. The molecule has 1 rings (SSSR count). The Morgan fingerprint density at radius 3 is 2.86 bits per heavy atom. The quantitative estimate of drug-likeness (QED) is 0.326. The lowest BCUT2D eigenvalue weighted by Gasteiger charge is -2.03. The van der Waals surface area contributed by atoms with Crippen LogP contribution in [0.5, 0.6) is 0 Å². The van der Waals surface area contributed by atoms with E-state index in [0.29, 0.717) is 6.61 Å². The zero-order valence-electron chi connectivity index (χ0n) is 11.9. The molecule has 21 heavy (non-hydrogen) atoms. The number of nitro groups is 1. The maximum absolute atomic E-state index is 11.2. The summed E-state index contributed by atoms with van der Waals surface area (Å²) in [5.41, 5.74) is 2.15. The van der Waals surface area contributed by atoms with Gasteiger partial charge in [-0.3, -0.25) is 10.1 Å². The molecular weight excluding hydrogens is 278 g/mol. The van der Waals surface area contributed by atoms with Crippen molar-refractivity contribution in [1.29, 1.82) is 0 Å². The monoisotopic (exact) mass is 297 g/mol. The SMILES string of the molecule is CCCCCCCOC(=O)N/N=C/c1ccc([N+](=O)[O-])o1. The van der Waals surface area contributed by atoms with Gasteiger partial charge in [0.2, 0.25) is 0 Å². The number of nitrogens with one attached hydrogen (secondary N) is 1. The van der Waals surface area contributed by atoms with Crippen LogP contribution in [0.1, 0.15) is 44.8 Å². The van der Waals surface area contributed by atoms with Crippen molar-refractivity contribution >= 4 is 18.2 Å². The van der Waals surface area contributed by atoms with Crippen LogP contribution in [0.2, 0.25) is 0 Å². The van der Waals surface area contributed by atoms with Crippen molar-refractivity contribution in [2.24, 2.45) is 5.10 Å². The van der Waals surface area contributed by atoms with Crippen molar-refractivity contribution in [3.05, 3.63) is 28.0 Å². The van der Waals surface area contributed by atoms with Crippen molar-refractivity contribution < 1.29 is 18.9 Å². The fraction of sp³-hybridized carbons (Fsp3) is 0.538. The minimum atomic E-state index is -0.664. The average molecular weight is 297 g/mol. The van der Waals surface area contributed by atoms with Gasteiger partial charge >= 0.3 is 12.0 Å². The van der Waals surface area contributed by atoms with Crippen LogP contribution in [-0.2, 0) is 4.74 Å². The molecule has 0 spiro atoms. The van der Waals surface area contributed by atoms with E-state index in [4.69, 9.17) is 9.15 Å². The number of amides is 1. The van der Waals surface area contributed by atoms with Crippen LogP contribution < -0.4 is 5.43 Å². The molecule has 0 saturated heterocycles. The average Bonchev–Trinajstić information content (AvgIpc) is 2.92. The van der Waals surface area contributed by atoms with Crippen LogP contribution in [0.25, 0.3) is 0 Å². The molecule has 0 saturated carbocycles. The molecule has 116 valence electrons. The summed E-state index contributed by atoms with van der Waals surface area (Å²) in [5.74, 6) is -0.215. The Labute approximate surface area is 122 Å². The number of furan rings is 1. The molecule has 0 radical (unpaired) electrons. The molecule has 0 bridgehead atoms. The zero-order chi connectivity index (χ0) is 15.5. The largest absolute Gasteiger partial charge is 0.448 e. The van der Waals surface area contributed by atoms with Gasteiger partial charge in [-0.05, 0) is 12.5 Å². The lowest BCUT2D eigenvalue weighted by molar-refractivity contribution is -0.402. The molecule has 0 aliphatic rings. The summed E-state index contributed by atoms with van der Waals surface area (Å²) in [6.45, 7) is 2.48. The Morgan fingerprint density at radius 1 is 1.43 bits per heavy atom. The lowest BCUT2D eigenvalue weighted by Crippen LogP contribution is -2.19. The highest BCUT2D eigenvalue weighted by Crippen LogP contribution is 2.13. The van der Waals surface area contributed by atoms with Crippen molar-refractivity contribution in [1.82, 2.24) is 5.43 Å². The van der Waals surface area contributed by atoms with Crippen molar-refractivity contribution in [3.63, 3.8) is 0 Å². The van der Waals surface area contributed by atoms with E-state index < -0.39 is 11.0 Å². The van der Waals surface area contributed by atoms with E-state index in [2.05, 4.69) is 17.5 Å². The third kappa shape index (κ3) is 7.09.